The number of imidazole rings is 1. The molecule has 3 atom stereocenters. The second-order valence-corrected chi connectivity index (χ2v) is 10.1. The van der Waals surface area contributed by atoms with Crippen LogP contribution in [0.5, 0.6) is 0 Å². The number of nitrogens with one attached hydrogen (secondary N) is 1. The second kappa shape index (κ2) is 11.2. The van der Waals surface area contributed by atoms with Crippen LogP contribution in [0.25, 0.3) is 0 Å². The number of methoxy groups -OCH3 is 1. The number of nitrogens with two attached hydrogens (primary N) is 1. The number of fused-ring (bicyclic) bond motifs is 1. The van der Waals surface area contributed by atoms with E-state index in [1.165, 1.54) is 23.8 Å². The van der Waals surface area contributed by atoms with Crippen molar-refractivity contribution in [2.45, 2.75) is 90.0 Å². The molecule has 2 amide bonds. The molecule has 1 aromatic carbocycles. The Labute approximate surface area is 212 Å². The van der Waals surface area contributed by atoms with Crippen molar-refractivity contribution in [3.8, 4) is 0 Å². The maximum Gasteiger partial charge on any atom is 0.306 e. The van der Waals surface area contributed by atoms with Gasteiger partial charge in [0.25, 0.3) is 0 Å². The van der Waals surface area contributed by atoms with Crippen molar-refractivity contribution >= 4 is 17.8 Å². The Morgan fingerprint density at radius 1 is 1.17 bits per heavy atom. The minimum absolute atomic E-state index is 0.0140. The summed E-state index contributed by atoms with van der Waals surface area (Å²) in [5, 5.41) is 3.11. The highest BCUT2D eigenvalue weighted by Gasteiger charge is 2.38. The zero-order valence-electron chi connectivity index (χ0n) is 21.5. The Kier molecular flexibility index (Phi) is 8.08. The van der Waals surface area contributed by atoms with Gasteiger partial charge < -0.3 is 25.3 Å². The fourth-order valence-corrected chi connectivity index (χ4v) is 5.23. The number of hydrogen-bond donors (Lipinski definition) is 2. The van der Waals surface area contributed by atoms with Crippen LogP contribution < -0.4 is 11.1 Å². The number of hydrogen-bond acceptors (Lipinski definition) is 6. The summed E-state index contributed by atoms with van der Waals surface area (Å²) in [4.78, 5) is 44.6. The van der Waals surface area contributed by atoms with Crippen LogP contribution in [0.2, 0.25) is 0 Å². The van der Waals surface area contributed by atoms with E-state index < -0.39 is 12.0 Å². The van der Waals surface area contributed by atoms with Gasteiger partial charge in [0.15, 0.2) is 0 Å². The highest BCUT2D eigenvalue weighted by molar-refractivity contribution is 5.89. The van der Waals surface area contributed by atoms with Gasteiger partial charge in [-0.05, 0) is 37.8 Å². The number of amides is 2. The molecule has 1 aliphatic heterocycles. The average molecular weight is 496 g/mol. The fourth-order valence-electron chi connectivity index (χ4n) is 5.23. The zero-order chi connectivity index (χ0) is 25.8. The van der Waals surface area contributed by atoms with Crippen LogP contribution in [0, 0.1) is 13.8 Å². The van der Waals surface area contributed by atoms with Crippen LogP contribution in [0.15, 0.2) is 24.5 Å². The molecule has 1 aromatic heterocycles. The van der Waals surface area contributed by atoms with Gasteiger partial charge in [-0.15, -0.1) is 0 Å². The van der Waals surface area contributed by atoms with E-state index >= 15 is 0 Å². The molecule has 0 radical (unpaired) electrons. The van der Waals surface area contributed by atoms with E-state index in [1.807, 2.05) is 0 Å². The van der Waals surface area contributed by atoms with Gasteiger partial charge in [-0.25, -0.2) is 4.98 Å². The summed E-state index contributed by atoms with van der Waals surface area (Å²) in [6.45, 7) is 5.04. The Morgan fingerprint density at radius 2 is 1.94 bits per heavy atom. The molecule has 9 heteroatoms. The molecule has 3 unspecified atom stereocenters. The first-order valence-corrected chi connectivity index (χ1v) is 12.8. The molecule has 3 N–H and O–H groups in total. The minimum Gasteiger partial charge on any atom is -0.469 e. The smallest absolute Gasteiger partial charge is 0.306 e. The SMILES string of the molecule is COC(=O)CCC(=O)N1Cc2c(ncn2Cc2cc(C)ccc2C)CC1C(=O)NC1CCCCC1N. The third-order valence-electron chi connectivity index (χ3n) is 7.50. The molecule has 2 aliphatic rings. The monoisotopic (exact) mass is 495 g/mol. The van der Waals surface area contributed by atoms with Crippen LogP contribution >= 0.6 is 0 Å². The second-order valence-electron chi connectivity index (χ2n) is 10.1. The summed E-state index contributed by atoms with van der Waals surface area (Å²) < 4.78 is 6.77. The molecule has 2 heterocycles. The van der Waals surface area contributed by atoms with Crippen LogP contribution in [0.3, 0.4) is 0 Å². The van der Waals surface area contributed by atoms with Crippen LogP contribution in [0.1, 0.15) is 66.6 Å². The first-order valence-electron chi connectivity index (χ1n) is 12.8. The lowest BCUT2D eigenvalue weighted by Crippen LogP contribution is -2.57. The van der Waals surface area contributed by atoms with Crippen molar-refractivity contribution in [2.24, 2.45) is 5.73 Å². The molecular formula is C27H37N5O4. The van der Waals surface area contributed by atoms with Gasteiger partial charge in [-0.1, -0.05) is 36.6 Å². The van der Waals surface area contributed by atoms with E-state index in [9.17, 15) is 14.4 Å². The number of rotatable bonds is 7. The predicted octanol–water partition coefficient (Wildman–Crippen LogP) is 2.14. The number of ether oxygens (including phenoxy) is 1. The minimum atomic E-state index is -0.694. The molecule has 1 fully saturated rings. The number of nitrogens with zero attached hydrogens (tertiary/aromatic N) is 3. The lowest BCUT2D eigenvalue weighted by molar-refractivity contribution is -0.146. The zero-order valence-corrected chi connectivity index (χ0v) is 21.5. The highest BCUT2D eigenvalue weighted by atomic mass is 16.5. The summed E-state index contributed by atoms with van der Waals surface area (Å²) in [7, 11) is 1.30. The molecule has 0 bridgehead atoms. The molecule has 1 aliphatic carbocycles. The number of aromatic nitrogens is 2. The molecule has 36 heavy (non-hydrogen) atoms. The Hall–Kier alpha value is -3.20. The maximum absolute atomic E-state index is 13.4. The van der Waals surface area contributed by atoms with Gasteiger partial charge in [-0.2, -0.15) is 0 Å². The number of esters is 1. The van der Waals surface area contributed by atoms with E-state index in [1.54, 1.807) is 11.2 Å². The molecule has 194 valence electrons. The van der Waals surface area contributed by atoms with Crippen molar-refractivity contribution < 1.29 is 19.1 Å². The van der Waals surface area contributed by atoms with Gasteiger partial charge in [0.05, 0.1) is 37.8 Å². The van der Waals surface area contributed by atoms with Gasteiger partial charge in [0, 0.05) is 31.5 Å². The number of carbonyl (C=O) groups excluding carboxylic acids is 3. The molecule has 1 saturated carbocycles. The summed E-state index contributed by atoms with van der Waals surface area (Å²) in [5.74, 6) is -0.910. The van der Waals surface area contributed by atoms with E-state index in [0.29, 0.717) is 13.0 Å². The van der Waals surface area contributed by atoms with Gasteiger partial charge in [-0.3, -0.25) is 14.4 Å². The summed E-state index contributed by atoms with van der Waals surface area (Å²) >= 11 is 0. The van der Waals surface area contributed by atoms with Crippen LogP contribution in [0.4, 0.5) is 0 Å². The first-order chi connectivity index (χ1) is 17.3. The molecular weight excluding hydrogens is 458 g/mol. The molecule has 9 nitrogen and oxygen atoms in total. The van der Waals surface area contributed by atoms with Gasteiger partial charge in [0.2, 0.25) is 11.8 Å². The van der Waals surface area contributed by atoms with Crippen molar-refractivity contribution in [3.63, 3.8) is 0 Å². The highest BCUT2D eigenvalue weighted by Crippen LogP contribution is 2.26. The van der Waals surface area contributed by atoms with E-state index in [4.69, 9.17) is 10.5 Å². The number of carbonyl (C=O) groups is 3. The van der Waals surface area contributed by atoms with Crippen LogP contribution in [-0.2, 0) is 38.6 Å². The lowest BCUT2D eigenvalue weighted by Gasteiger charge is -2.37. The Balaban J connectivity index is 1.57. The quantitative estimate of drug-likeness (QED) is 0.568. The van der Waals surface area contributed by atoms with Gasteiger partial charge >= 0.3 is 5.97 Å². The maximum atomic E-state index is 13.4. The largest absolute Gasteiger partial charge is 0.469 e. The van der Waals surface area contributed by atoms with E-state index in [0.717, 1.165) is 37.1 Å². The standard InChI is InChI=1S/C27H37N5O4/c1-17-8-9-18(2)19(12-17)14-31-16-29-22-13-23(27(35)30-21-7-5-4-6-20(21)28)32(15-24(22)31)25(33)10-11-26(34)36-3/h8-9,12,16,20-21,23H,4-7,10-11,13-15,28H2,1-3H3,(H,30,35). The molecule has 2 aromatic rings. The van der Waals surface area contributed by atoms with Crippen molar-refractivity contribution in [1.82, 2.24) is 19.8 Å². The summed E-state index contributed by atoms with van der Waals surface area (Å²) in [6, 6.07) is 5.48. The number of aryl methyl sites for hydroxylation is 2. The molecule has 0 spiro atoms. The van der Waals surface area contributed by atoms with E-state index in [-0.39, 0.29) is 43.3 Å². The van der Waals surface area contributed by atoms with Crippen LogP contribution in [-0.4, -0.2) is 57.5 Å². The number of benzene rings is 1. The molecule has 4 rings (SSSR count). The third kappa shape index (κ3) is 5.78. The lowest BCUT2D eigenvalue weighted by atomic mass is 9.90. The normalized spacial score (nSPS) is 21.6. The third-order valence-corrected chi connectivity index (χ3v) is 7.50. The summed E-state index contributed by atoms with van der Waals surface area (Å²) in [6.07, 6.45) is 5.89. The Bertz CT molecular complexity index is 1130. The van der Waals surface area contributed by atoms with Gasteiger partial charge in [0.1, 0.15) is 6.04 Å². The fraction of sp³-hybridized carbons (Fsp3) is 0.556. The van der Waals surface area contributed by atoms with E-state index in [2.05, 4.69) is 46.9 Å². The first kappa shape index (κ1) is 25.9. The molecule has 0 saturated heterocycles. The average Bonchev–Trinajstić information content (AvgIpc) is 3.26. The van der Waals surface area contributed by atoms with Crippen molar-refractivity contribution in [2.75, 3.05) is 7.11 Å². The van der Waals surface area contributed by atoms with Crippen molar-refractivity contribution in [3.05, 3.63) is 52.6 Å². The van der Waals surface area contributed by atoms with Crippen molar-refractivity contribution in [1.29, 1.82) is 0 Å². The topological polar surface area (TPSA) is 120 Å². The Morgan fingerprint density at radius 3 is 2.69 bits per heavy atom. The predicted molar refractivity (Wildman–Crippen MR) is 135 cm³/mol. The summed E-state index contributed by atoms with van der Waals surface area (Å²) in [5.41, 5.74) is 11.6.